The van der Waals surface area contributed by atoms with E-state index in [2.05, 4.69) is 46.4 Å². The Morgan fingerprint density at radius 3 is 2.75 bits per heavy atom. The van der Waals surface area contributed by atoms with Gasteiger partial charge in [-0.3, -0.25) is 5.10 Å². The van der Waals surface area contributed by atoms with Gasteiger partial charge in [-0.15, -0.1) is 5.10 Å². The molecule has 0 spiro atoms. The molecule has 0 aliphatic heterocycles. The molecule has 1 aromatic heterocycles. The summed E-state index contributed by atoms with van der Waals surface area (Å²) in [6.07, 6.45) is 6.53. The molecule has 106 valence electrons. The van der Waals surface area contributed by atoms with Crippen molar-refractivity contribution >= 4 is 11.8 Å². The number of nitrogens with zero attached hydrogens (tertiary/aromatic N) is 2. The van der Waals surface area contributed by atoms with Crippen molar-refractivity contribution < 1.29 is 0 Å². The Hall–Kier alpha value is -1.29. The first-order chi connectivity index (χ1) is 9.81. The van der Waals surface area contributed by atoms with Crippen molar-refractivity contribution in [3.8, 4) is 0 Å². The van der Waals surface area contributed by atoms with E-state index >= 15 is 0 Å². The second kappa shape index (κ2) is 6.44. The summed E-state index contributed by atoms with van der Waals surface area (Å²) in [5, 5.41) is 8.71. The molecule has 4 heteroatoms. The third kappa shape index (κ3) is 3.42. The van der Waals surface area contributed by atoms with E-state index in [0.29, 0.717) is 5.25 Å². The van der Waals surface area contributed by atoms with Gasteiger partial charge in [-0.2, -0.15) is 0 Å². The summed E-state index contributed by atoms with van der Waals surface area (Å²) in [5.41, 5.74) is 1.32. The summed E-state index contributed by atoms with van der Waals surface area (Å²) in [7, 11) is 0. The van der Waals surface area contributed by atoms with Gasteiger partial charge in [-0.05, 0) is 18.4 Å². The molecular weight excluding hydrogens is 266 g/mol. The molecule has 1 heterocycles. The molecule has 1 N–H and O–H groups in total. The zero-order valence-electron chi connectivity index (χ0n) is 11.9. The Kier molecular flexibility index (Phi) is 4.41. The third-order valence-electron chi connectivity index (χ3n) is 4.02. The molecule has 0 saturated heterocycles. The molecule has 1 atom stereocenters. The average Bonchev–Trinajstić information content (AvgIpc) is 3.12. The van der Waals surface area contributed by atoms with E-state index in [9.17, 15) is 0 Å². The Balaban J connectivity index is 1.59. The molecule has 0 bridgehead atoms. The minimum atomic E-state index is 0.381. The van der Waals surface area contributed by atoms with Gasteiger partial charge >= 0.3 is 0 Å². The first-order valence-electron chi connectivity index (χ1n) is 7.44. The van der Waals surface area contributed by atoms with Crippen molar-refractivity contribution in [1.29, 1.82) is 0 Å². The van der Waals surface area contributed by atoms with Crippen LogP contribution in [-0.2, 0) is 6.42 Å². The number of hydrogen-bond donors (Lipinski definition) is 1. The number of thioether (sulfide) groups is 1. The molecule has 2 aromatic rings. The van der Waals surface area contributed by atoms with Crippen LogP contribution in [-0.4, -0.2) is 15.2 Å². The maximum absolute atomic E-state index is 4.64. The minimum absolute atomic E-state index is 0.381. The number of rotatable bonds is 5. The molecule has 1 fully saturated rings. The topological polar surface area (TPSA) is 41.6 Å². The van der Waals surface area contributed by atoms with E-state index < -0.39 is 0 Å². The van der Waals surface area contributed by atoms with Crippen molar-refractivity contribution in [2.45, 2.75) is 49.4 Å². The Morgan fingerprint density at radius 2 is 2.00 bits per heavy atom. The Labute approximate surface area is 124 Å². The second-order valence-electron chi connectivity index (χ2n) is 5.59. The number of H-pyrrole nitrogens is 1. The third-order valence-corrected chi connectivity index (χ3v) is 5.04. The van der Waals surface area contributed by atoms with Gasteiger partial charge in [0, 0.05) is 11.7 Å². The van der Waals surface area contributed by atoms with E-state index in [4.69, 9.17) is 0 Å². The van der Waals surface area contributed by atoms with Crippen LogP contribution in [0.1, 0.15) is 49.2 Å². The quantitative estimate of drug-likeness (QED) is 0.829. The molecule has 1 unspecified atom stereocenters. The van der Waals surface area contributed by atoms with Gasteiger partial charge in [0.15, 0.2) is 0 Å². The van der Waals surface area contributed by atoms with Crippen molar-refractivity contribution in [3.63, 3.8) is 0 Å². The fourth-order valence-electron chi connectivity index (χ4n) is 2.86. The summed E-state index contributed by atoms with van der Waals surface area (Å²) in [6.45, 7) is 2.20. The highest BCUT2D eigenvalue weighted by molar-refractivity contribution is 7.99. The fourth-order valence-corrected chi connectivity index (χ4v) is 3.73. The van der Waals surface area contributed by atoms with Crippen LogP contribution in [0.3, 0.4) is 0 Å². The van der Waals surface area contributed by atoms with E-state index in [-0.39, 0.29) is 0 Å². The zero-order chi connectivity index (χ0) is 13.8. The molecule has 0 amide bonds. The number of aromatic amines is 1. The Bertz CT molecular complexity index is 532. The highest BCUT2D eigenvalue weighted by atomic mass is 32.2. The molecule has 1 aliphatic carbocycles. The predicted octanol–water partition coefficient (Wildman–Crippen LogP) is 4.39. The van der Waals surface area contributed by atoms with Crippen LogP contribution in [0.5, 0.6) is 0 Å². The first-order valence-corrected chi connectivity index (χ1v) is 8.32. The van der Waals surface area contributed by atoms with Gasteiger partial charge in [0.05, 0.1) is 0 Å². The molecule has 1 saturated carbocycles. The fraction of sp³-hybridized carbons (Fsp3) is 0.500. The molecule has 0 radical (unpaired) electrons. The van der Waals surface area contributed by atoms with E-state index in [1.54, 1.807) is 11.8 Å². The maximum atomic E-state index is 4.64. The van der Waals surface area contributed by atoms with Crippen LogP contribution in [0.4, 0.5) is 0 Å². The average molecular weight is 287 g/mol. The molecular formula is C16H21N3S. The number of hydrogen-bond acceptors (Lipinski definition) is 3. The van der Waals surface area contributed by atoms with Gasteiger partial charge in [-0.1, -0.05) is 67.8 Å². The van der Waals surface area contributed by atoms with Crippen molar-refractivity contribution in [2.75, 3.05) is 0 Å². The lowest BCUT2D eigenvalue weighted by Gasteiger charge is -2.08. The normalized spacial score (nSPS) is 17.4. The highest BCUT2D eigenvalue weighted by Crippen LogP contribution is 2.33. The van der Waals surface area contributed by atoms with Crippen LogP contribution >= 0.6 is 11.8 Å². The van der Waals surface area contributed by atoms with Crippen LogP contribution < -0.4 is 0 Å². The molecule has 3 nitrogen and oxygen atoms in total. The van der Waals surface area contributed by atoms with Crippen LogP contribution in [0.2, 0.25) is 0 Å². The maximum Gasteiger partial charge on any atom is 0.209 e. The molecule has 1 aromatic carbocycles. The monoisotopic (exact) mass is 287 g/mol. The molecule has 1 aliphatic rings. The first kappa shape index (κ1) is 13.7. The Morgan fingerprint density at radius 1 is 1.25 bits per heavy atom. The smallest absolute Gasteiger partial charge is 0.209 e. The van der Waals surface area contributed by atoms with Gasteiger partial charge in [-0.25, -0.2) is 4.98 Å². The number of nitrogens with one attached hydrogen (secondary N) is 1. The summed E-state index contributed by atoms with van der Waals surface area (Å²) < 4.78 is 0. The minimum Gasteiger partial charge on any atom is -0.262 e. The van der Waals surface area contributed by atoms with Crippen LogP contribution in [0, 0.1) is 5.92 Å². The number of aromatic nitrogens is 3. The summed E-state index contributed by atoms with van der Waals surface area (Å²) in [5.74, 6) is 1.87. The van der Waals surface area contributed by atoms with Crippen LogP contribution in [0.15, 0.2) is 35.5 Å². The summed E-state index contributed by atoms with van der Waals surface area (Å²) in [4.78, 5) is 4.64. The zero-order valence-corrected chi connectivity index (χ0v) is 12.7. The van der Waals surface area contributed by atoms with Gasteiger partial charge in [0.2, 0.25) is 5.16 Å². The van der Waals surface area contributed by atoms with Crippen LogP contribution in [0.25, 0.3) is 0 Å². The lowest BCUT2D eigenvalue weighted by molar-refractivity contribution is 0.531. The largest absolute Gasteiger partial charge is 0.262 e. The van der Waals surface area contributed by atoms with Crippen molar-refractivity contribution in [3.05, 3.63) is 41.7 Å². The van der Waals surface area contributed by atoms with E-state index in [1.807, 2.05) is 6.07 Å². The second-order valence-corrected chi connectivity index (χ2v) is 6.90. The van der Waals surface area contributed by atoms with Crippen molar-refractivity contribution in [2.24, 2.45) is 5.92 Å². The molecule has 3 rings (SSSR count). The standard InChI is InChI=1S/C16H21N3S/c1-12(14-9-3-2-4-10-14)20-16-17-15(18-19-16)11-13-7-5-6-8-13/h2-4,9-10,12-13H,5-8,11H2,1H3,(H,17,18,19). The summed E-state index contributed by atoms with van der Waals surface area (Å²) in [6, 6.07) is 10.5. The van der Waals surface area contributed by atoms with Gasteiger partial charge in [0.1, 0.15) is 5.82 Å². The van der Waals surface area contributed by atoms with E-state index in [1.165, 1.54) is 31.2 Å². The SMILES string of the molecule is CC(Sc1n[nH]c(CC2CCCC2)n1)c1ccccc1. The lowest BCUT2D eigenvalue weighted by atomic mass is 10.0. The van der Waals surface area contributed by atoms with Crippen molar-refractivity contribution in [1.82, 2.24) is 15.2 Å². The van der Waals surface area contributed by atoms with Gasteiger partial charge < -0.3 is 0 Å². The number of benzene rings is 1. The highest BCUT2D eigenvalue weighted by Gasteiger charge is 2.18. The van der Waals surface area contributed by atoms with Gasteiger partial charge in [0.25, 0.3) is 0 Å². The van der Waals surface area contributed by atoms with E-state index in [0.717, 1.165) is 23.3 Å². The molecule has 20 heavy (non-hydrogen) atoms. The summed E-state index contributed by atoms with van der Waals surface area (Å²) >= 11 is 1.72. The predicted molar refractivity (Wildman–Crippen MR) is 82.8 cm³/mol. The lowest BCUT2D eigenvalue weighted by Crippen LogP contribution is -2.00.